The second-order valence-electron chi connectivity index (χ2n) is 8.49. The molecule has 2 aromatic carbocycles. The molecular weight excluding hydrogens is 466 g/mol. The molecule has 178 valence electrons. The van der Waals surface area contributed by atoms with Crippen LogP contribution >= 0.6 is 11.3 Å². The van der Waals surface area contributed by atoms with E-state index in [9.17, 15) is 14.7 Å². The molecule has 0 saturated heterocycles. The van der Waals surface area contributed by atoms with E-state index in [1.54, 1.807) is 13.2 Å². The van der Waals surface area contributed by atoms with Gasteiger partial charge in [-0.05, 0) is 25.3 Å². The van der Waals surface area contributed by atoms with Crippen molar-refractivity contribution in [3.63, 3.8) is 0 Å². The predicted octanol–water partition coefficient (Wildman–Crippen LogP) is 5.03. The Morgan fingerprint density at radius 1 is 1.11 bits per heavy atom. The Morgan fingerprint density at radius 3 is 2.46 bits per heavy atom. The van der Waals surface area contributed by atoms with Crippen LogP contribution in [0.3, 0.4) is 0 Å². The summed E-state index contributed by atoms with van der Waals surface area (Å²) in [6, 6.07) is 17.0. The van der Waals surface area contributed by atoms with Crippen LogP contribution < -0.4 is 5.32 Å². The molecule has 10 heteroatoms. The van der Waals surface area contributed by atoms with Crippen LogP contribution in [-0.4, -0.2) is 37.1 Å². The number of anilines is 1. The normalized spacial score (nSPS) is 14.8. The first-order valence-corrected chi connectivity index (χ1v) is 11.9. The maximum atomic E-state index is 12.6. The molecule has 1 aliphatic rings. The third kappa shape index (κ3) is 4.40. The lowest BCUT2D eigenvalue weighted by molar-refractivity contribution is -0.139. The monoisotopic (exact) mass is 489 g/mol. The van der Waals surface area contributed by atoms with E-state index in [2.05, 4.69) is 20.6 Å². The number of rotatable bonds is 7. The topological polar surface area (TPSA) is 119 Å². The fourth-order valence-corrected chi connectivity index (χ4v) is 5.02. The first-order chi connectivity index (χ1) is 16.9. The highest BCUT2D eigenvalue weighted by atomic mass is 32.1. The SMILES string of the molecule is CC(OC(=O)Nc1c(-c2ccc(-c3ncc(C4(C(=O)O)CC4)s3)cc2)nnn1C)c1ccccc1. The summed E-state index contributed by atoms with van der Waals surface area (Å²) in [6.45, 7) is 1.81. The average molecular weight is 490 g/mol. The number of ether oxygens (including phenoxy) is 1. The molecule has 1 saturated carbocycles. The van der Waals surface area contributed by atoms with Crippen molar-refractivity contribution in [3.8, 4) is 21.8 Å². The summed E-state index contributed by atoms with van der Waals surface area (Å²) < 4.78 is 6.99. The van der Waals surface area contributed by atoms with Gasteiger partial charge in [0, 0.05) is 29.2 Å². The first kappa shape index (κ1) is 22.7. The van der Waals surface area contributed by atoms with Gasteiger partial charge in [-0.15, -0.1) is 16.4 Å². The van der Waals surface area contributed by atoms with Crippen molar-refractivity contribution in [2.45, 2.75) is 31.3 Å². The van der Waals surface area contributed by atoms with Crippen LogP contribution in [0.5, 0.6) is 0 Å². The molecule has 35 heavy (non-hydrogen) atoms. The molecule has 0 bridgehead atoms. The van der Waals surface area contributed by atoms with Gasteiger partial charge in [-0.3, -0.25) is 10.1 Å². The first-order valence-electron chi connectivity index (χ1n) is 11.1. The van der Waals surface area contributed by atoms with Crippen LogP contribution in [0.2, 0.25) is 0 Å². The molecule has 1 unspecified atom stereocenters. The van der Waals surface area contributed by atoms with Crippen molar-refractivity contribution in [2.75, 3.05) is 5.32 Å². The molecule has 4 aromatic rings. The molecule has 1 amide bonds. The van der Waals surface area contributed by atoms with Crippen molar-refractivity contribution in [1.82, 2.24) is 20.0 Å². The van der Waals surface area contributed by atoms with Crippen LogP contribution in [0.4, 0.5) is 10.6 Å². The number of hydrogen-bond donors (Lipinski definition) is 2. The Morgan fingerprint density at radius 2 is 1.80 bits per heavy atom. The molecule has 0 radical (unpaired) electrons. The van der Waals surface area contributed by atoms with E-state index in [0.717, 1.165) is 26.6 Å². The Hall–Kier alpha value is -4.05. The minimum atomic E-state index is -0.789. The van der Waals surface area contributed by atoms with Gasteiger partial charge in [0.05, 0.1) is 0 Å². The second-order valence-corrected chi connectivity index (χ2v) is 9.52. The Bertz CT molecular complexity index is 1380. The fourth-order valence-electron chi connectivity index (χ4n) is 3.86. The van der Waals surface area contributed by atoms with Gasteiger partial charge in [0.25, 0.3) is 0 Å². The molecule has 2 aromatic heterocycles. The van der Waals surface area contributed by atoms with Crippen molar-refractivity contribution in [3.05, 3.63) is 71.2 Å². The minimum absolute atomic E-state index is 0.414. The van der Waals surface area contributed by atoms with Crippen LogP contribution in [-0.2, 0) is 22.0 Å². The number of aliphatic carboxylic acids is 1. The summed E-state index contributed by atoms with van der Waals surface area (Å²) in [7, 11) is 1.69. The van der Waals surface area contributed by atoms with Crippen molar-refractivity contribution >= 4 is 29.2 Å². The number of carboxylic acids is 1. The highest BCUT2D eigenvalue weighted by molar-refractivity contribution is 7.15. The van der Waals surface area contributed by atoms with Gasteiger partial charge in [0.15, 0.2) is 5.82 Å². The molecule has 5 rings (SSSR count). The van der Waals surface area contributed by atoms with Gasteiger partial charge in [0.1, 0.15) is 22.2 Å². The van der Waals surface area contributed by atoms with Gasteiger partial charge < -0.3 is 9.84 Å². The number of hydrogen-bond acceptors (Lipinski definition) is 7. The maximum Gasteiger partial charge on any atom is 0.413 e. The highest BCUT2D eigenvalue weighted by Gasteiger charge is 2.53. The number of aromatic nitrogens is 4. The average Bonchev–Trinajstić information content (AvgIpc) is 3.40. The zero-order chi connectivity index (χ0) is 24.6. The predicted molar refractivity (Wildman–Crippen MR) is 131 cm³/mol. The lowest BCUT2D eigenvalue weighted by Gasteiger charge is -2.14. The van der Waals surface area contributed by atoms with E-state index < -0.39 is 23.6 Å². The third-order valence-electron chi connectivity index (χ3n) is 6.14. The van der Waals surface area contributed by atoms with E-state index in [1.165, 1.54) is 16.0 Å². The molecule has 9 nitrogen and oxygen atoms in total. The Balaban J connectivity index is 1.31. The number of nitrogens with one attached hydrogen (secondary N) is 1. The Labute approximate surface area is 205 Å². The van der Waals surface area contributed by atoms with Gasteiger partial charge in [-0.2, -0.15) is 0 Å². The van der Waals surface area contributed by atoms with E-state index in [-0.39, 0.29) is 0 Å². The number of benzene rings is 2. The van der Waals surface area contributed by atoms with Gasteiger partial charge >= 0.3 is 12.1 Å². The van der Waals surface area contributed by atoms with Crippen LogP contribution in [0.1, 0.15) is 36.3 Å². The molecule has 0 aliphatic heterocycles. The number of carboxylic acid groups (broad SMARTS) is 1. The third-order valence-corrected chi connectivity index (χ3v) is 7.39. The number of carbonyl (C=O) groups is 2. The van der Waals surface area contributed by atoms with Crippen molar-refractivity contribution in [1.29, 1.82) is 0 Å². The van der Waals surface area contributed by atoms with Gasteiger partial charge in [0.2, 0.25) is 0 Å². The highest BCUT2D eigenvalue weighted by Crippen LogP contribution is 2.51. The second kappa shape index (κ2) is 8.95. The molecular formula is C25H23N5O4S. The largest absolute Gasteiger partial charge is 0.481 e. The number of amides is 1. The zero-order valence-electron chi connectivity index (χ0n) is 19.1. The minimum Gasteiger partial charge on any atom is -0.481 e. The molecule has 0 spiro atoms. The van der Waals surface area contributed by atoms with Crippen LogP contribution in [0.25, 0.3) is 21.8 Å². The Kier molecular flexibility index (Phi) is 5.81. The smallest absolute Gasteiger partial charge is 0.413 e. The van der Waals surface area contributed by atoms with E-state index in [0.29, 0.717) is 24.4 Å². The summed E-state index contributed by atoms with van der Waals surface area (Å²) >= 11 is 1.41. The van der Waals surface area contributed by atoms with Gasteiger partial charge in [-0.1, -0.05) is 59.8 Å². The summed E-state index contributed by atoms with van der Waals surface area (Å²) in [5.74, 6) is -0.376. The number of carbonyl (C=O) groups excluding carboxylic acids is 1. The molecule has 1 atom stereocenters. The van der Waals surface area contributed by atoms with Crippen molar-refractivity contribution in [2.24, 2.45) is 7.05 Å². The van der Waals surface area contributed by atoms with E-state index in [1.807, 2.05) is 61.5 Å². The number of aryl methyl sites for hydroxylation is 1. The summed E-state index contributed by atoms with van der Waals surface area (Å²) in [4.78, 5) is 29.4. The zero-order valence-corrected chi connectivity index (χ0v) is 20.0. The van der Waals surface area contributed by atoms with Crippen LogP contribution in [0.15, 0.2) is 60.8 Å². The van der Waals surface area contributed by atoms with E-state index in [4.69, 9.17) is 4.74 Å². The summed E-state index contributed by atoms with van der Waals surface area (Å²) in [5, 5.41) is 21.3. The lowest BCUT2D eigenvalue weighted by Crippen LogP contribution is -2.18. The fraction of sp³-hybridized carbons (Fsp3) is 0.240. The van der Waals surface area contributed by atoms with Gasteiger partial charge in [-0.25, -0.2) is 14.5 Å². The summed E-state index contributed by atoms with van der Waals surface area (Å²) in [5.41, 5.74) is 2.27. The number of nitrogens with zero attached hydrogens (tertiary/aromatic N) is 4. The summed E-state index contributed by atoms with van der Waals surface area (Å²) in [6.07, 6.45) is 1.95. The molecule has 1 fully saturated rings. The standard InChI is InChI=1S/C25H23N5O4S/c1-15(16-6-4-3-5-7-16)34-24(33)27-21-20(28-29-30(21)2)17-8-10-18(11-9-17)22-26-14-19(35-22)25(12-13-25)23(31)32/h3-11,14-15H,12-13H2,1-2H3,(H,27,33)(H,31,32). The number of thiazole rings is 1. The molecule has 2 heterocycles. The van der Waals surface area contributed by atoms with Crippen molar-refractivity contribution < 1.29 is 19.4 Å². The molecule has 1 aliphatic carbocycles. The molecule has 2 N–H and O–H groups in total. The quantitative estimate of drug-likeness (QED) is 0.374. The van der Waals surface area contributed by atoms with E-state index >= 15 is 0 Å². The maximum absolute atomic E-state index is 12.6. The lowest BCUT2D eigenvalue weighted by atomic mass is 10.1. The van der Waals surface area contributed by atoms with Crippen LogP contribution in [0, 0.1) is 0 Å².